The van der Waals surface area contributed by atoms with Crippen LogP contribution >= 0.6 is 12.4 Å². The molecule has 0 aliphatic carbocycles. The summed E-state index contributed by atoms with van der Waals surface area (Å²) in [6.07, 6.45) is 0. The summed E-state index contributed by atoms with van der Waals surface area (Å²) < 4.78 is 0. The molecule has 1 aromatic rings. The Morgan fingerprint density at radius 1 is 1.16 bits per heavy atom. The molecule has 2 amide bonds. The van der Waals surface area contributed by atoms with Gasteiger partial charge in [0.2, 0.25) is 5.91 Å². The van der Waals surface area contributed by atoms with Gasteiger partial charge in [0.1, 0.15) is 0 Å². The zero-order valence-electron chi connectivity index (χ0n) is 10.8. The molecule has 0 bridgehead atoms. The number of amides is 2. The Labute approximate surface area is 118 Å². The van der Waals surface area contributed by atoms with E-state index in [-0.39, 0.29) is 24.2 Å². The Balaban J connectivity index is 0.00000180. The second-order valence-electron chi connectivity index (χ2n) is 4.33. The molecule has 2 rings (SSSR count). The first-order valence-electron chi connectivity index (χ1n) is 6.02. The van der Waals surface area contributed by atoms with Crippen LogP contribution in [0.5, 0.6) is 0 Å². The highest BCUT2D eigenvalue weighted by molar-refractivity contribution is 5.94. The number of carbonyl (C=O) groups is 2. The van der Waals surface area contributed by atoms with Gasteiger partial charge in [-0.15, -0.1) is 12.4 Å². The molecule has 104 valence electrons. The third-order valence-electron chi connectivity index (χ3n) is 2.88. The van der Waals surface area contributed by atoms with E-state index in [0.717, 1.165) is 13.1 Å². The van der Waals surface area contributed by atoms with E-state index in [1.807, 2.05) is 18.2 Å². The first kappa shape index (κ1) is 15.5. The van der Waals surface area contributed by atoms with Gasteiger partial charge >= 0.3 is 0 Å². The van der Waals surface area contributed by atoms with Crippen LogP contribution in [0.1, 0.15) is 28.4 Å². The molecule has 1 aliphatic rings. The Hall–Kier alpha value is -1.59. The summed E-state index contributed by atoms with van der Waals surface area (Å²) >= 11 is 0. The van der Waals surface area contributed by atoms with Crippen LogP contribution in [0.15, 0.2) is 18.2 Å². The highest BCUT2D eigenvalue weighted by Crippen LogP contribution is 2.16. The van der Waals surface area contributed by atoms with E-state index in [2.05, 4.69) is 16.0 Å². The number of hydrogen-bond acceptors (Lipinski definition) is 3. The molecule has 0 aromatic heterocycles. The maximum Gasteiger partial charge on any atom is 0.251 e. The zero-order valence-corrected chi connectivity index (χ0v) is 11.6. The van der Waals surface area contributed by atoms with Crippen molar-refractivity contribution >= 4 is 24.2 Å². The van der Waals surface area contributed by atoms with Gasteiger partial charge in [-0.3, -0.25) is 9.59 Å². The third-order valence-corrected chi connectivity index (χ3v) is 2.88. The third kappa shape index (κ3) is 4.22. The number of hydrogen-bond donors (Lipinski definition) is 3. The smallest absolute Gasteiger partial charge is 0.251 e. The van der Waals surface area contributed by atoms with Crippen LogP contribution < -0.4 is 16.0 Å². The highest BCUT2D eigenvalue weighted by Gasteiger charge is 2.12. The van der Waals surface area contributed by atoms with Crippen molar-refractivity contribution in [3.05, 3.63) is 34.9 Å². The molecule has 0 saturated heterocycles. The summed E-state index contributed by atoms with van der Waals surface area (Å²) in [5.41, 5.74) is 3.11. The van der Waals surface area contributed by atoms with Gasteiger partial charge in [0, 0.05) is 38.7 Å². The lowest BCUT2D eigenvalue weighted by Crippen LogP contribution is -2.33. The lowest BCUT2D eigenvalue weighted by atomic mass is 10.1. The molecule has 5 nitrogen and oxygen atoms in total. The van der Waals surface area contributed by atoms with Crippen LogP contribution in [0, 0.1) is 0 Å². The summed E-state index contributed by atoms with van der Waals surface area (Å²) in [5, 5.41) is 8.64. The van der Waals surface area contributed by atoms with E-state index < -0.39 is 0 Å². The number of carbonyl (C=O) groups excluding carboxylic acids is 2. The minimum atomic E-state index is -0.102. The molecule has 0 saturated carbocycles. The van der Waals surface area contributed by atoms with Gasteiger partial charge in [0.25, 0.3) is 5.91 Å². The van der Waals surface area contributed by atoms with Crippen molar-refractivity contribution in [3.63, 3.8) is 0 Å². The predicted molar refractivity (Wildman–Crippen MR) is 75.3 cm³/mol. The van der Waals surface area contributed by atoms with E-state index >= 15 is 0 Å². The molecule has 3 N–H and O–H groups in total. The molecular formula is C13H18ClN3O2. The van der Waals surface area contributed by atoms with Gasteiger partial charge in [-0.25, -0.2) is 0 Å². The van der Waals surface area contributed by atoms with E-state index in [4.69, 9.17) is 0 Å². The predicted octanol–water partition coefficient (Wildman–Crippen LogP) is 0.577. The van der Waals surface area contributed by atoms with Crippen LogP contribution in [0.25, 0.3) is 0 Å². The quantitative estimate of drug-likeness (QED) is 0.708. The standard InChI is InChI=1S/C13H17N3O2.ClH/c1-9(17)15-4-5-16-13(18)10-2-3-11-7-14-8-12(11)6-10;/h2-3,6,14H,4-5,7-8H2,1H3,(H,15,17)(H,16,18);1H. The Morgan fingerprint density at radius 3 is 2.58 bits per heavy atom. The van der Waals surface area contributed by atoms with Crippen LogP contribution in [-0.4, -0.2) is 24.9 Å². The molecule has 1 heterocycles. The van der Waals surface area contributed by atoms with Gasteiger partial charge in [-0.2, -0.15) is 0 Å². The van der Waals surface area contributed by atoms with E-state index in [0.29, 0.717) is 18.7 Å². The topological polar surface area (TPSA) is 70.2 Å². The number of halogens is 1. The molecule has 0 unspecified atom stereocenters. The molecule has 0 atom stereocenters. The lowest BCUT2D eigenvalue weighted by Gasteiger charge is -2.07. The molecule has 1 aromatic carbocycles. The van der Waals surface area contributed by atoms with Crippen molar-refractivity contribution in [1.29, 1.82) is 0 Å². The van der Waals surface area contributed by atoms with Crippen molar-refractivity contribution in [1.82, 2.24) is 16.0 Å². The van der Waals surface area contributed by atoms with Gasteiger partial charge in [-0.05, 0) is 23.3 Å². The van der Waals surface area contributed by atoms with Crippen molar-refractivity contribution in [3.8, 4) is 0 Å². The summed E-state index contributed by atoms with van der Waals surface area (Å²) in [6.45, 7) is 4.04. The average molecular weight is 284 g/mol. The normalized spacial score (nSPS) is 12.3. The minimum absolute atomic E-state index is 0. The molecule has 0 radical (unpaired) electrons. The van der Waals surface area contributed by atoms with Crippen molar-refractivity contribution in [2.45, 2.75) is 20.0 Å². The lowest BCUT2D eigenvalue weighted by molar-refractivity contribution is -0.118. The number of fused-ring (bicyclic) bond motifs is 1. The van der Waals surface area contributed by atoms with Crippen molar-refractivity contribution in [2.24, 2.45) is 0 Å². The van der Waals surface area contributed by atoms with Crippen molar-refractivity contribution < 1.29 is 9.59 Å². The molecule has 1 aliphatic heterocycles. The molecule has 6 heteroatoms. The number of rotatable bonds is 4. The number of nitrogens with one attached hydrogen (secondary N) is 3. The minimum Gasteiger partial charge on any atom is -0.355 e. The largest absolute Gasteiger partial charge is 0.355 e. The fraction of sp³-hybridized carbons (Fsp3) is 0.385. The monoisotopic (exact) mass is 283 g/mol. The van der Waals surface area contributed by atoms with Crippen LogP contribution in [0.3, 0.4) is 0 Å². The summed E-state index contributed by atoms with van der Waals surface area (Å²) in [5.74, 6) is -0.192. The molecule has 19 heavy (non-hydrogen) atoms. The van der Waals surface area contributed by atoms with E-state index in [9.17, 15) is 9.59 Å². The summed E-state index contributed by atoms with van der Waals surface area (Å²) in [4.78, 5) is 22.5. The molecule has 0 spiro atoms. The molecule has 0 fully saturated rings. The van der Waals surface area contributed by atoms with Crippen LogP contribution in [0.4, 0.5) is 0 Å². The van der Waals surface area contributed by atoms with E-state index in [1.165, 1.54) is 18.1 Å². The zero-order chi connectivity index (χ0) is 13.0. The van der Waals surface area contributed by atoms with Gasteiger partial charge in [-0.1, -0.05) is 6.07 Å². The fourth-order valence-electron chi connectivity index (χ4n) is 1.95. The van der Waals surface area contributed by atoms with Gasteiger partial charge in [0.05, 0.1) is 0 Å². The highest BCUT2D eigenvalue weighted by atomic mass is 35.5. The second-order valence-corrected chi connectivity index (χ2v) is 4.33. The maximum atomic E-state index is 11.8. The SMILES string of the molecule is CC(=O)NCCNC(=O)c1ccc2c(c1)CNC2.Cl. The first-order valence-corrected chi connectivity index (χ1v) is 6.02. The Kier molecular flexibility index (Phi) is 5.79. The van der Waals surface area contributed by atoms with Crippen LogP contribution in [0.2, 0.25) is 0 Å². The van der Waals surface area contributed by atoms with Gasteiger partial charge in [0.15, 0.2) is 0 Å². The summed E-state index contributed by atoms with van der Waals surface area (Å²) in [6, 6.07) is 5.74. The van der Waals surface area contributed by atoms with Crippen LogP contribution in [-0.2, 0) is 17.9 Å². The second kappa shape index (κ2) is 7.11. The van der Waals surface area contributed by atoms with E-state index in [1.54, 1.807) is 0 Å². The fourth-order valence-corrected chi connectivity index (χ4v) is 1.95. The average Bonchev–Trinajstić information content (AvgIpc) is 2.81. The maximum absolute atomic E-state index is 11.8. The van der Waals surface area contributed by atoms with Crippen molar-refractivity contribution in [2.75, 3.05) is 13.1 Å². The Morgan fingerprint density at radius 2 is 1.84 bits per heavy atom. The number of benzene rings is 1. The first-order chi connectivity index (χ1) is 8.66. The molecular weight excluding hydrogens is 266 g/mol. The van der Waals surface area contributed by atoms with Gasteiger partial charge < -0.3 is 16.0 Å². The Bertz CT molecular complexity index is 477. The summed E-state index contributed by atoms with van der Waals surface area (Å²) in [7, 11) is 0.